The summed E-state index contributed by atoms with van der Waals surface area (Å²) in [5.41, 5.74) is 3.29. The number of aromatic amines is 1. The van der Waals surface area contributed by atoms with Gasteiger partial charge in [0.15, 0.2) is 0 Å². The molecule has 0 unspecified atom stereocenters. The minimum atomic E-state index is 0.606. The maximum Gasteiger partial charge on any atom is 0.212 e. The van der Waals surface area contributed by atoms with Crippen molar-refractivity contribution < 1.29 is 9.15 Å². The second kappa shape index (κ2) is 6.13. The number of nitrogens with zero attached hydrogens (tertiary/aromatic N) is 3. The molecule has 3 aromatic rings. The first-order valence-corrected chi connectivity index (χ1v) is 8.07. The molecule has 0 aromatic carbocycles. The average Bonchev–Trinajstić information content (AvgIpc) is 3.20. The number of ether oxygens (including phenoxy) is 1. The third-order valence-corrected chi connectivity index (χ3v) is 4.31. The fraction of sp³-hybridized carbons (Fsp3) is 0.333. The van der Waals surface area contributed by atoms with Gasteiger partial charge in [-0.25, -0.2) is 9.97 Å². The van der Waals surface area contributed by atoms with Gasteiger partial charge >= 0.3 is 0 Å². The molecule has 0 aliphatic carbocycles. The van der Waals surface area contributed by atoms with E-state index in [0.717, 1.165) is 54.7 Å². The standard InChI is InChI=1S/C18H20N4O2/c1-12-3-5-14(24-12)10-22-8-7-15-16(11-22)21-18(20-15)13-4-6-17(23-2)19-9-13/h3-6,9H,7-8,10-11H2,1-2H3,(H,20,21). The number of pyridine rings is 1. The lowest BCUT2D eigenvalue weighted by atomic mass is 10.1. The number of rotatable bonds is 4. The smallest absolute Gasteiger partial charge is 0.212 e. The monoisotopic (exact) mass is 324 g/mol. The minimum absolute atomic E-state index is 0.606. The molecule has 4 rings (SSSR count). The first-order chi connectivity index (χ1) is 11.7. The molecule has 0 saturated carbocycles. The Morgan fingerprint density at radius 1 is 1.29 bits per heavy atom. The van der Waals surface area contributed by atoms with Crippen molar-refractivity contribution in [3.05, 3.63) is 53.4 Å². The van der Waals surface area contributed by atoms with Crippen molar-refractivity contribution in [1.82, 2.24) is 19.9 Å². The normalized spacial score (nSPS) is 14.6. The number of aromatic nitrogens is 3. The zero-order valence-corrected chi connectivity index (χ0v) is 13.9. The van der Waals surface area contributed by atoms with Gasteiger partial charge in [-0.3, -0.25) is 4.90 Å². The van der Waals surface area contributed by atoms with E-state index in [0.29, 0.717) is 5.88 Å². The van der Waals surface area contributed by atoms with Gasteiger partial charge in [-0.1, -0.05) is 0 Å². The van der Waals surface area contributed by atoms with E-state index >= 15 is 0 Å². The van der Waals surface area contributed by atoms with Crippen molar-refractivity contribution in [2.45, 2.75) is 26.4 Å². The van der Waals surface area contributed by atoms with Crippen LogP contribution in [0.15, 0.2) is 34.9 Å². The molecule has 6 nitrogen and oxygen atoms in total. The number of imidazole rings is 1. The number of hydrogen-bond donors (Lipinski definition) is 1. The van der Waals surface area contributed by atoms with Crippen molar-refractivity contribution >= 4 is 0 Å². The molecule has 24 heavy (non-hydrogen) atoms. The van der Waals surface area contributed by atoms with Gasteiger partial charge in [0.25, 0.3) is 0 Å². The van der Waals surface area contributed by atoms with Gasteiger partial charge in [-0.2, -0.15) is 0 Å². The molecule has 0 amide bonds. The molecule has 1 N–H and O–H groups in total. The van der Waals surface area contributed by atoms with E-state index < -0.39 is 0 Å². The Kier molecular flexibility index (Phi) is 3.82. The van der Waals surface area contributed by atoms with Crippen LogP contribution in [-0.4, -0.2) is 33.5 Å². The number of hydrogen-bond acceptors (Lipinski definition) is 5. The number of fused-ring (bicyclic) bond motifs is 1. The van der Waals surface area contributed by atoms with Crippen molar-refractivity contribution in [1.29, 1.82) is 0 Å². The third kappa shape index (κ3) is 2.92. The van der Waals surface area contributed by atoms with Crippen LogP contribution in [0.4, 0.5) is 0 Å². The summed E-state index contributed by atoms with van der Waals surface area (Å²) >= 11 is 0. The maximum atomic E-state index is 5.68. The number of nitrogens with one attached hydrogen (secondary N) is 1. The summed E-state index contributed by atoms with van der Waals surface area (Å²) in [7, 11) is 1.61. The van der Waals surface area contributed by atoms with Crippen LogP contribution in [0.2, 0.25) is 0 Å². The molecule has 124 valence electrons. The van der Waals surface area contributed by atoms with E-state index in [1.54, 1.807) is 13.3 Å². The fourth-order valence-electron chi connectivity index (χ4n) is 3.05. The summed E-state index contributed by atoms with van der Waals surface area (Å²) < 4.78 is 10.8. The highest BCUT2D eigenvalue weighted by Crippen LogP contribution is 2.24. The number of furan rings is 1. The first kappa shape index (κ1) is 15.0. The van der Waals surface area contributed by atoms with Crippen LogP contribution in [0.1, 0.15) is 22.9 Å². The highest BCUT2D eigenvalue weighted by molar-refractivity contribution is 5.55. The van der Waals surface area contributed by atoms with Crippen LogP contribution < -0.4 is 4.74 Å². The lowest BCUT2D eigenvalue weighted by Gasteiger charge is -2.24. The summed E-state index contributed by atoms with van der Waals surface area (Å²) in [5.74, 6) is 3.44. The quantitative estimate of drug-likeness (QED) is 0.799. The van der Waals surface area contributed by atoms with Crippen LogP contribution in [-0.2, 0) is 19.5 Å². The summed E-state index contributed by atoms with van der Waals surface area (Å²) in [6, 6.07) is 7.88. The molecule has 0 fully saturated rings. The molecule has 0 atom stereocenters. The molecule has 4 heterocycles. The molecule has 6 heteroatoms. The molecule has 0 radical (unpaired) electrons. The van der Waals surface area contributed by atoms with E-state index in [4.69, 9.17) is 14.1 Å². The summed E-state index contributed by atoms with van der Waals surface area (Å²) in [4.78, 5) is 14.8. The Bertz CT molecular complexity index is 835. The van der Waals surface area contributed by atoms with Crippen LogP contribution in [0.3, 0.4) is 0 Å². The van der Waals surface area contributed by atoms with Gasteiger partial charge in [-0.15, -0.1) is 0 Å². The summed E-state index contributed by atoms with van der Waals surface area (Å²) in [6.07, 6.45) is 2.72. The Morgan fingerprint density at radius 2 is 2.21 bits per heavy atom. The number of aryl methyl sites for hydroxylation is 1. The third-order valence-electron chi connectivity index (χ3n) is 4.31. The fourth-order valence-corrected chi connectivity index (χ4v) is 3.05. The average molecular weight is 324 g/mol. The van der Waals surface area contributed by atoms with Crippen LogP contribution >= 0.6 is 0 Å². The summed E-state index contributed by atoms with van der Waals surface area (Å²) in [5, 5.41) is 0. The SMILES string of the molecule is COc1ccc(-c2nc3c([nH]2)CN(Cc2ccc(C)o2)CC3)cn1. The zero-order chi connectivity index (χ0) is 16.5. The van der Waals surface area contributed by atoms with E-state index in [1.807, 2.05) is 31.2 Å². The van der Waals surface area contributed by atoms with Gasteiger partial charge in [-0.05, 0) is 25.1 Å². The Morgan fingerprint density at radius 3 is 2.92 bits per heavy atom. The molecule has 0 spiro atoms. The Hall–Kier alpha value is -2.60. The lowest BCUT2D eigenvalue weighted by molar-refractivity contribution is 0.221. The zero-order valence-electron chi connectivity index (χ0n) is 13.9. The molecular formula is C18H20N4O2. The van der Waals surface area contributed by atoms with E-state index in [1.165, 1.54) is 5.69 Å². The topological polar surface area (TPSA) is 67.2 Å². The molecule has 1 aliphatic heterocycles. The first-order valence-electron chi connectivity index (χ1n) is 8.07. The van der Waals surface area contributed by atoms with Gasteiger partial charge in [0.2, 0.25) is 5.88 Å². The van der Waals surface area contributed by atoms with Crippen molar-refractivity contribution in [2.75, 3.05) is 13.7 Å². The van der Waals surface area contributed by atoms with Crippen molar-refractivity contribution in [3.63, 3.8) is 0 Å². The van der Waals surface area contributed by atoms with Crippen molar-refractivity contribution in [3.8, 4) is 17.3 Å². The molecule has 3 aromatic heterocycles. The largest absolute Gasteiger partial charge is 0.481 e. The molecule has 0 bridgehead atoms. The predicted molar refractivity (Wildman–Crippen MR) is 89.6 cm³/mol. The summed E-state index contributed by atoms with van der Waals surface area (Å²) in [6.45, 7) is 4.64. The molecule has 0 saturated heterocycles. The highest BCUT2D eigenvalue weighted by Gasteiger charge is 2.21. The highest BCUT2D eigenvalue weighted by atomic mass is 16.5. The van der Waals surface area contributed by atoms with Crippen LogP contribution in [0.5, 0.6) is 5.88 Å². The van der Waals surface area contributed by atoms with Crippen LogP contribution in [0.25, 0.3) is 11.4 Å². The molecule has 1 aliphatic rings. The van der Waals surface area contributed by atoms with E-state index in [2.05, 4.69) is 14.9 Å². The van der Waals surface area contributed by atoms with Gasteiger partial charge < -0.3 is 14.1 Å². The molecular weight excluding hydrogens is 304 g/mol. The Balaban J connectivity index is 1.50. The van der Waals surface area contributed by atoms with Crippen molar-refractivity contribution in [2.24, 2.45) is 0 Å². The maximum absolute atomic E-state index is 5.68. The number of H-pyrrole nitrogens is 1. The lowest BCUT2D eigenvalue weighted by Crippen LogP contribution is -2.29. The number of methoxy groups -OCH3 is 1. The Labute approximate surface area is 140 Å². The van der Waals surface area contributed by atoms with Gasteiger partial charge in [0.05, 0.1) is 25.0 Å². The van der Waals surface area contributed by atoms with E-state index in [-0.39, 0.29) is 0 Å². The second-order valence-electron chi connectivity index (χ2n) is 6.07. The van der Waals surface area contributed by atoms with Crippen LogP contribution in [0, 0.1) is 6.92 Å². The minimum Gasteiger partial charge on any atom is -0.481 e. The van der Waals surface area contributed by atoms with E-state index in [9.17, 15) is 0 Å². The van der Waals surface area contributed by atoms with Gasteiger partial charge in [0, 0.05) is 37.3 Å². The predicted octanol–water partition coefficient (Wildman–Crippen LogP) is 2.94. The van der Waals surface area contributed by atoms with Gasteiger partial charge in [0.1, 0.15) is 17.3 Å². The second-order valence-corrected chi connectivity index (χ2v) is 6.07.